The van der Waals surface area contributed by atoms with Gasteiger partial charge in [0.25, 0.3) is 5.69 Å². The quantitative estimate of drug-likeness (QED) is 0.182. The van der Waals surface area contributed by atoms with E-state index >= 15 is 0 Å². The summed E-state index contributed by atoms with van der Waals surface area (Å²) in [6.07, 6.45) is 1.23. The molecule has 182 valence electrons. The van der Waals surface area contributed by atoms with Crippen molar-refractivity contribution >= 4 is 45.0 Å². The highest BCUT2D eigenvalue weighted by Gasteiger charge is 2.22. The summed E-state index contributed by atoms with van der Waals surface area (Å²) in [6.45, 7) is 1.81. The highest BCUT2D eigenvalue weighted by atomic mass is 35.5. The summed E-state index contributed by atoms with van der Waals surface area (Å²) in [5, 5.41) is 25.9. The lowest BCUT2D eigenvalue weighted by Crippen LogP contribution is -2.11. The fourth-order valence-electron chi connectivity index (χ4n) is 2.81. The molecule has 0 aliphatic heterocycles. The van der Waals surface area contributed by atoms with Gasteiger partial charge in [0.05, 0.1) is 34.3 Å². The minimum absolute atomic E-state index is 0.00375. The number of nitro benzene ring substituents is 2. The molecular formula is C21H17ClN4O8S. The van der Waals surface area contributed by atoms with Crippen molar-refractivity contribution in [3.8, 4) is 11.5 Å². The van der Waals surface area contributed by atoms with Gasteiger partial charge in [-0.05, 0) is 42.8 Å². The molecule has 0 saturated heterocycles. The van der Waals surface area contributed by atoms with Crippen molar-refractivity contribution in [1.29, 1.82) is 0 Å². The molecule has 3 aromatic rings. The molecule has 0 atom stereocenters. The number of anilines is 1. The van der Waals surface area contributed by atoms with Crippen molar-refractivity contribution in [2.75, 3.05) is 12.5 Å². The standard InChI is InChI=1S/C21H17ClN4O8S/c1-13-3-6-16(7-4-13)35(31,32)34-21-17(22)9-14(10-20(21)33-2)12-23-24-18-8-5-15(25(27)28)11-19(18)26(29)30/h3-12,24H,1-2H3/b23-12-. The Morgan fingerprint density at radius 2 is 1.71 bits per heavy atom. The highest BCUT2D eigenvalue weighted by molar-refractivity contribution is 7.87. The second kappa shape index (κ2) is 10.4. The molecule has 0 radical (unpaired) electrons. The Morgan fingerprint density at radius 1 is 1.03 bits per heavy atom. The van der Waals surface area contributed by atoms with Gasteiger partial charge in [0, 0.05) is 6.07 Å². The Hall–Kier alpha value is -4.23. The maximum absolute atomic E-state index is 12.6. The molecule has 0 heterocycles. The minimum Gasteiger partial charge on any atom is -0.493 e. The van der Waals surface area contributed by atoms with E-state index < -0.39 is 31.3 Å². The van der Waals surface area contributed by atoms with Crippen LogP contribution in [0.25, 0.3) is 0 Å². The van der Waals surface area contributed by atoms with Crippen molar-refractivity contribution in [2.24, 2.45) is 5.10 Å². The van der Waals surface area contributed by atoms with Gasteiger partial charge in [0.1, 0.15) is 10.6 Å². The van der Waals surface area contributed by atoms with Crippen LogP contribution < -0.4 is 14.3 Å². The van der Waals surface area contributed by atoms with Crippen LogP contribution in [-0.4, -0.2) is 31.6 Å². The van der Waals surface area contributed by atoms with Crippen molar-refractivity contribution in [3.63, 3.8) is 0 Å². The fourth-order valence-corrected chi connectivity index (χ4v) is 4.07. The molecule has 3 rings (SSSR count). The number of benzene rings is 3. The number of hydrazone groups is 1. The number of hydrogen-bond donors (Lipinski definition) is 1. The molecule has 14 heteroatoms. The molecule has 0 unspecified atom stereocenters. The van der Waals surface area contributed by atoms with E-state index in [-0.39, 0.29) is 27.1 Å². The molecule has 0 aromatic heterocycles. The van der Waals surface area contributed by atoms with Crippen LogP contribution in [-0.2, 0) is 10.1 Å². The molecule has 0 fully saturated rings. The Balaban J connectivity index is 1.85. The normalized spacial score (nSPS) is 11.3. The second-order valence-electron chi connectivity index (χ2n) is 6.97. The SMILES string of the molecule is COc1cc(/C=N\Nc2ccc([N+](=O)[O-])cc2[N+](=O)[O-])cc(Cl)c1OS(=O)(=O)c1ccc(C)cc1. The van der Waals surface area contributed by atoms with Crippen molar-refractivity contribution in [2.45, 2.75) is 11.8 Å². The van der Waals surface area contributed by atoms with Gasteiger partial charge >= 0.3 is 15.8 Å². The number of aryl methyl sites for hydroxylation is 1. The van der Waals surface area contributed by atoms with Gasteiger partial charge in [0.2, 0.25) is 5.75 Å². The first-order valence-corrected chi connectivity index (χ1v) is 11.4. The largest absolute Gasteiger partial charge is 0.493 e. The Kier molecular flexibility index (Phi) is 7.52. The number of hydrogen-bond acceptors (Lipinski definition) is 10. The summed E-state index contributed by atoms with van der Waals surface area (Å²) in [7, 11) is -2.91. The van der Waals surface area contributed by atoms with Crippen LogP contribution in [0, 0.1) is 27.2 Å². The monoisotopic (exact) mass is 520 g/mol. The molecule has 0 bridgehead atoms. The van der Waals surface area contributed by atoms with Gasteiger partial charge in [-0.1, -0.05) is 29.3 Å². The molecular weight excluding hydrogens is 504 g/mol. The fraction of sp³-hybridized carbons (Fsp3) is 0.0952. The zero-order valence-corrected chi connectivity index (χ0v) is 19.7. The van der Waals surface area contributed by atoms with E-state index in [0.29, 0.717) is 5.56 Å². The molecule has 0 aliphatic rings. The van der Waals surface area contributed by atoms with E-state index in [1.165, 1.54) is 37.6 Å². The molecule has 0 aliphatic carbocycles. The predicted octanol–water partition coefficient (Wildman–Crippen LogP) is 4.69. The number of non-ortho nitro benzene ring substituents is 1. The number of ether oxygens (including phenoxy) is 1. The number of methoxy groups -OCH3 is 1. The van der Waals surface area contributed by atoms with Gasteiger partial charge in [-0.3, -0.25) is 25.7 Å². The van der Waals surface area contributed by atoms with Crippen LogP contribution in [0.5, 0.6) is 11.5 Å². The lowest BCUT2D eigenvalue weighted by Gasteiger charge is -2.13. The third kappa shape index (κ3) is 6.02. The highest BCUT2D eigenvalue weighted by Crippen LogP contribution is 2.38. The van der Waals surface area contributed by atoms with E-state index in [4.69, 9.17) is 20.5 Å². The maximum Gasteiger partial charge on any atom is 0.339 e. The third-order valence-corrected chi connectivity index (χ3v) is 6.06. The Labute approximate surface area is 204 Å². The molecule has 35 heavy (non-hydrogen) atoms. The number of nitrogens with one attached hydrogen (secondary N) is 1. The van der Waals surface area contributed by atoms with E-state index in [1.807, 2.05) is 6.92 Å². The summed E-state index contributed by atoms with van der Waals surface area (Å²) >= 11 is 6.24. The van der Waals surface area contributed by atoms with Crippen molar-refractivity contribution < 1.29 is 27.2 Å². The summed E-state index contributed by atoms with van der Waals surface area (Å²) in [5.74, 6) is -0.234. The van der Waals surface area contributed by atoms with Crippen LogP contribution in [0.4, 0.5) is 17.1 Å². The van der Waals surface area contributed by atoms with Crippen LogP contribution in [0.3, 0.4) is 0 Å². The summed E-state index contributed by atoms with van der Waals surface area (Å²) in [6, 6.07) is 11.8. The predicted molar refractivity (Wildman–Crippen MR) is 128 cm³/mol. The zero-order valence-electron chi connectivity index (χ0n) is 18.2. The maximum atomic E-state index is 12.6. The number of halogens is 1. The number of nitro groups is 2. The molecule has 0 saturated carbocycles. The summed E-state index contributed by atoms with van der Waals surface area (Å²) < 4.78 is 35.7. The first kappa shape index (κ1) is 25.4. The Morgan fingerprint density at radius 3 is 2.31 bits per heavy atom. The number of nitrogens with zero attached hydrogens (tertiary/aromatic N) is 3. The van der Waals surface area contributed by atoms with Gasteiger partial charge in [-0.25, -0.2) is 0 Å². The summed E-state index contributed by atoms with van der Waals surface area (Å²) in [4.78, 5) is 20.5. The van der Waals surface area contributed by atoms with E-state index in [1.54, 1.807) is 12.1 Å². The van der Waals surface area contributed by atoms with E-state index in [0.717, 1.165) is 23.8 Å². The van der Waals surface area contributed by atoms with E-state index in [2.05, 4.69) is 10.5 Å². The molecule has 0 spiro atoms. The lowest BCUT2D eigenvalue weighted by molar-refractivity contribution is -0.393. The van der Waals surface area contributed by atoms with Crippen LogP contribution >= 0.6 is 11.6 Å². The zero-order chi connectivity index (χ0) is 25.8. The smallest absolute Gasteiger partial charge is 0.339 e. The van der Waals surface area contributed by atoms with Gasteiger partial charge in [-0.2, -0.15) is 13.5 Å². The molecule has 12 nitrogen and oxygen atoms in total. The first-order valence-electron chi connectivity index (χ1n) is 9.62. The minimum atomic E-state index is -4.20. The van der Waals surface area contributed by atoms with Crippen molar-refractivity contribution in [3.05, 3.63) is 91.0 Å². The third-order valence-electron chi connectivity index (χ3n) is 4.54. The second-order valence-corrected chi connectivity index (χ2v) is 8.92. The number of rotatable bonds is 9. The average Bonchev–Trinajstić information content (AvgIpc) is 2.80. The van der Waals surface area contributed by atoms with Gasteiger partial charge in [0.15, 0.2) is 5.75 Å². The van der Waals surface area contributed by atoms with Crippen LogP contribution in [0.2, 0.25) is 5.02 Å². The van der Waals surface area contributed by atoms with Gasteiger partial charge in [-0.15, -0.1) is 0 Å². The summed E-state index contributed by atoms with van der Waals surface area (Å²) in [5.41, 5.74) is 2.57. The Bertz CT molecular complexity index is 1430. The molecule has 3 aromatic carbocycles. The molecule has 1 N–H and O–H groups in total. The molecule has 0 amide bonds. The van der Waals surface area contributed by atoms with Gasteiger partial charge < -0.3 is 8.92 Å². The lowest BCUT2D eigenvalue weighted by atomic mass is 10.2. The van der Waals surface area contributed by atoms with E-state index in [9.17, 15) is 28.6 Å². The van der Waals surface area contributed by atoms with Crippen LogP contribution in [0.15, 0.2) is 64.6 Å². The first-order chi connectivity index (χ1) is 16.5. The van der Waals surface area contributed by atoms with Crippen molar-refractivity contribution in [1.82, 2.24) is 0 Å². The average molecular weight is 521 g/mol. The van der Waals surface area contributed by atoms with Crippen LogP contribution in [0.1, 0.15) is 11.1 Å². The topological polar surface area (TPSA) is 163 Å².